The number of hydrogen-bond acceptors (Lipinski definition) is 3. The number of nitrogens with one attached hydrogen (secondary N) is 1. The first-order valence-electron chi connectivity index (χ1n) is 4.39. The second-order valence-electron chi connectivity index (χ2n) is 3.16. The monoisotopic (exact) mass is 207 g/mol. The van der Waals surface area contributed by atoms with Gasteiger partial charge >= 0.3 is 0 Å². The minimum absolute atomic E-state index is 0. The number of benzene rings is 1. The van der Waals surface area contributed by atoms with Gasteiger partial charge in [0, 0.05) is 23.9 Å². The van der Waals surface area contributed by atoms with Crippen LogP contribution in [0.1, 0.15) is 42.0 Å². The Bertz CT molecular complexity index is 351. The smallest absolute Gasteiger partial charge is 0.159 e. The zero-order valence-electron chi connectivity index (χ0n) is 8.55. The van der Waals surface area contributed by atoms with Crippen LogP contribution in [-0.4, -0.2) is 18.6 Å². The van der Waals surface area contributed by atoms with Crippen molar-refractivity contribution in [3.63, 3.8) is 0 Å². The number of carbonyl (C=O) groups excluding carboxylic acids is 2. The summed E-state index contributed by atoms with van der Waals surface area (Å²) in [5.41, 5.74) is 1.90. The van der Waals surface area contributed by atoms with Crippen molar-refractivity contribution in [2.75, 3.05) is 12.4 Å². The molecule has 0 unspecified atom stereocenters. The molecule has 1 N–H and O–H groups in total. The molecule has 0 aliphatic carbocycles. The number of anilines is 1. The number of hydrogen-bond donors (Lipinski definition) is 1. The van der Waals surface area contributed by atoms with Gasteiger partial charge in [-0.05, 0) is 32.0 Å². The first kappa shape index (κ1) is 13.4. The number of rotatable bonds is 3. The lowest BCUT2D eigenvalue weighted by Crippen LogP contribution is -2.00. The highest BCUT2D eigenvalue weighted by Crippen LogP contribution is 2.15. The minimum Gasteiger partial charge on any atom is -0.388 e. The van der Waals surface area contributed by atoms with Crippen molar-refractivity contribution >= 4 is 17.3 Å². The fraction of sp³-hybridized carbons (Fsp3) is 0.333. The highest BCUT2D eigenvalue weighted by Gasteiger charge is 2.06. The molecule has 0 radical (unpaired) electrons. The quantitative estimate of drug-likeness (QED) is 0.775. The highest BCUT2D eigenvalue weighted by molar-refractivity contribution is 6.00. The maximum atomic E-state index is 11.1. The van der Waals surface area contributed by atoms with Crippen LogP contribution in [0.4, 0.5) is 5.69 Å². The van der Waals surface area contributed by atoms with Gasteiger partial charge in [0.15, 0.2) is 11.6 Å². The van der Waals surface area contributed by atoms with Crippen LogP contribution in [0.3, 0.4) is 0 Å². The molecule has 0 aliphatic rings. The lowest BCUT2D eigenvalue weighted by Gasteiger charge is -2.05. The average molecular weight is 207 g/mol. The van der Waals surface area contributed by atoms with Crippen LogP contribution in [0, 0.1) is 0 Å². The van der Waals surface area contributed by atoms with Gasteiger partial charge in [-0.25, -0.2) is 0 Å². The molecule has 0 saturated heterocycles. The van der Waals surface area contributed by atoms with Crippen LogP contribution in [0.25, 0.3) is 0 Å². The van der Waals surface area contributed by atoms with Crippen LogP contribution < -0.4 is 5.32 Å². The fourth-order valence-corrected chi connectivity index (χ4v) is 1.18. The van der Waals surface area contributed by atoms with E-state index in [2.05, 4.69) is 5.32 Å². The summed E-state index contributed by atoms with van der Waals surface area (Å²) >= 11 is 0. The van der Waals surface area contributed by atoms with E-state index in [0.717, 1.165) is 5.69 Å². The molecule has 1 rings (SSSR count). The van der Waals surface area contributed by atoms with Crippen molar-refractivity contribution in [3.8, 4) is 0 Å². The summed E-state index contributed by atoms with van der Waals surface area (Å²) in [5, 5.41) is 2.91. The predicted molar refractivity (Wildman–Crippen MR) is 62.7 cm³/mol. The summed E-state index contributed by atoms with van der Waals surface area (Å²) in [7, 11) is 1.75. The van der Waals surface area contributed by atoms with E-state index in [0.29, 0.717) is 11.1 Å². The van der Waals surface area contributed by atoms with Gasteiger partial charge in [0.05, 0.1) is 0 Å². The lowest BCUT2D eigenvalue weighted by atomic mass is 10.0. The average Bonchev–Trinajstić information content (AvgIpc) is 2.16. The molecule has 82 valence electrons. The summed E-state index contributed by atoms with van der Waals surface area (Å²) in [4.78, 5) is 22.3. The third-order valence-electron chi connectivity index (χ3n) is 2.03. The SMILES string of the molecule is C.CNc1cc(C(C)=O)cc(C(C)=O)c1. The topological polar surface area (TPSA) is 46.2 Å². The maximum absolute atomic E-state index is 11.1. The maximum Gasteiger partial charge on any atom is 0.159 e. The van der Waals surface area contributed by atoms with Crippen molar-refractivity contribution in [2.24, 2.45) is 0 Å². The van der Waals surface area contributed by atoms with Gasteiger partial charge in [0.25, 0.3) is 0 Å². The van der Waals surface area contributed by atoms with Crippen molar-refractivity contribution < 1.29 is 9.59 Å². The first-order chi connectivity index (χ1) is 6.54. The van der Waals surface area contributed by atoms with E-state index < -0.39 is 0 Å². The largest absolute Gasteiger partial charge is 0.388 e. The first-order valence-corrected chi connectivity index (χ1v) is 4.39. The van der Waals surface area contributed by atoms with E-state index in [1.165, 1.54) is 13.8 Å². The third-order valence-corrected chi connectivity index (χ3v) is 2.03. The van der Waals surface area contributed by atoms with Gasteiger partial charge < -0.3 is 5.32 Å². The molecular weight excluding hydrogens is 190 g/mol. The molecule has 3 nitrogen and oxygen atoms in total. The van der Waals surface area contributed by atoms with E-state index in [1.807, 2.05) is 0 Å². The molecule has 0 spiro atoms. The zero-order chi connectivity index (χ0) is 10.7. The van der Waals surface area contributed by atoms with Crippen molar-refractivity contribution in [1.82, 2.24) is 0 Å². The third kappa shape index (κ3) is 3.20. The summed E-state index contributed by atoms with van der Waals surface area (Å²) in [6, 6.07) is 5.08. The minimum atomic E-state index is -0.0374. The Morgan fingerprint density at radius 1 is 1.00 bits per heavy atom. The molecule has 1 aromatic rings. The van der Waals surface area contributed by atoms with Crippen LogP contribution in [0.2, 0.25) is 0 Å². The molecule has 0 saturated carbocycles. The Kier molecular flexibility index (Phi) is 4.71. The molecule has 0 heterocycles. The van der Waals surface area contributed by atoms with Gasteiger partial charge in [-0.15, -0.1) is 0 Å². The van der Waals surface area contributed by atoms with Crippen molar-refractivity contribution in [3.05, 3.63) is 29.3 Å². The summed E-state index contributed by atoms with van der Waals surface area (Å²) < 4.78 is 0. The Labute approximate surface area is 90.5 Å². The summed E-state index contributed by atoms with van der Waals surface area (Å²) in [6.45, 7) is 2.97. The number of carbonyl (C=O) groups is 2. The molecule has 3 heteroatoms. The molecule has 0 fully saturated rings. The Morgan fingerprint density at radius 3 is 1.67 bits per heavy atom. The van der Waals surface area contributed by atoms with E-state index in [4.69, 9.17) is 0 Å². The van der Waals surface area contributed by atoms with Crippen LogP contribution in [-0.2, 0) is 0 Å². The summed E-state index contributed by atoms with van der Waals surface area (Å²) in [6.07, 6.45) is 0. The molecule has 0 amide bonds. The number of Topliss-reactive ketones (excluding diaryl/α,β-unsaturated/α-hetero) is 2. The normalized spacial score (nSPS) is 9.00. The summed E-state index contributed by atoms with van der Waals surface area (Å²) in [5.74, 6) is -0.0748. The van der Waals surface area contributed by atoms with Gasteiger partial charge in [0.2, 0.25) is 0 Å². The van der Waals surface area contributed by atoms with Crippen LogP contribution >= 0.6 is 0 Å². The molecule has 0 bridgehead atoms. The molecule has 1 aromatic carbocycles. The van der Waals surface area contributed by atoms with Crippen molar-refractivity contribution in [1.29, 1.82) is 0 Å². The van der Waals surface area contributed by atoms with E-state index in [9.17, 15) is 9.59 Å². The van der Waals surface area contributed by atoms with Crippen molar-refractivity contribution in [2.45, 2.75) is 21.3 Å². The van der Waals surface area contributed by atoms with Crippen LogP contribution in [0.5, 0.6) is 0 Å². The van der Waals surface area contributed by atoms with Gasteiger partial charge in [-0.3, -0.25) is 9.59 Å². The lowest BCUT2D eigenvalue weighted by molar-refractivity contribution is 0.101. The zero-order valence-corrected chi connectivity index (χ0v) is 8.55. The Balaban J connectivity index is 0.00000196. The fourth-order valence-electron chi connectivity index (χ4n) is 1.18. The molecule has 0 aromatic heterocycles. The van der Waals surface area contributed by atoms with Gasteiger partial charge in [-0.2, -0.15) is 0 Å². The standard InChI is InChI=1S/C11H13NO2.CH4/c1-7(13)9-4-10(8(2)14)6-11(5-9)12-3;/h4-6,12H,1-3H3;1H4. The second-order valence-corrected chi connectivity index (χ2v) is 3.16. The van der Waals surface area contributed by atoms with E-state index in [-0.39, 0.29) is 19.0 Å². The predicted octanol–water partition coefficient (Wildman–Crippen LogP) is 2.77. The molecule has 15 heavy (non-hydrogen) atoms. The highest BCUT2D eigenvalue weighted by atomic mass is 16.1. The van der Waals surface area contributed by atoms with E-state index in [1.54, 1.807) is 25.2 Å². The Hall–Kier alpha value is -1.64. The Morgan fingerprint density at radius 2 is 1.40 bits per heavy atom. The van der Waals surface area contributed by atoms with Crippen LogP contribution in [0.15, 0.2) is 18.2 Å². The van der Waals surface area contributed by atoms with Gasteiger partial charge in [-0.1, -0.05) is 7.43 Å². The molecular formula is C12H17NO2. The molecule has 0 aliphatic heterocycles. The number of ketones is 2. The second kappa shape index (κ2) is 5.29. The van der Waals surface area contributed by atoms with E-state index >= 15 is 0 Å². The van der Waals surface area contributed by atoms with Gasteiger partial charge in [0.1, 0.15) is 0 Å². The molecule has 0 atom stereocenters.